The summed E-state index contributed by atoms with van der Waals surface area (Å²) in [6.45, 7) is 6.18. The number of hydrogen-bond donors (Lipinski definition) is 1. The fourth-order valence-electron chi connectivity index (χ4n) is 4.72. The predicted molar refractivity (Wildman–Crippen MR) is 130 cm³/mol. The Morgan fingerprint density at radius 2 is 1.78 bits per heavy atom. The smallest absolute Gasteiger partial charge is 0.206 e. The first-order chi connectivity index (χ1) is 15.4. The molecule has 166 valence electrons. The lowest BCUT2D eigenvalue weighted by molar-refractivity contribution is 0.560. The molecular weight excluding hydrogens is 425 g/mol. The molecule has 0 aliphatic carbocycles. The highest BCUT2D eigenvalue weighted by Gasteiger charge is 2.22. The minimum atomic E-state index is -0.143. The molecule has 4 aromatic rings. The van der Waals surface area contributed by atoms with Crippen molar-refractivity contribution < 1.29 is 4.39 Å². The highest BCUT2D eigenvalue weighted by atomic mass is 35.5. The minimum absolute atomic E-state index is 0.143. The number of halogens is 2. The molecule has 32 heavy (non-hydrogen) atoms. The number of rotatable bonds is 4. The SMILES string of the molecule is Cc1cc(Cn2c(N3CCCCC3)nc3c(-n4ccc(N)c4)cc(Cl)cc32)cc(C)c1F. The maximum absolute atomic E-state index is 14.3. The normalized spacial score (nSPS) is 14.4. The van der Waals surface area contributed by atoms with Gasteiger partial charge in [0.15, 0.2) is 0 Å². The van der Waals surface area contributed by atoms with Crippen molar-refractivity contribution in [2.75, 3.05) is 23.7 Å². The van der Waals surface area contributed by atoms with Crippen LogP contribution in [0.1, 0.15) is 36.0 Å². The van der Waals surface area contributed by atoms with E-state index in [1.54, 1.807) is 0 Å². The number of hydrogen-bond acceptors (Lipinski definition) is 3. The molecule has 1 aliphatic rings. The van der Waals surface area contributed by atoms with Gasteiger partial charge in [-0.3, -0.25) is 0 Å². The van der Waals surface area contributed by atoms with Crippen LogP contribution in [0.15, 0.2) is 42.7 Å². The van der Waals surface area contributed by atoms with E-state index in [1.165, 1.54) is 6.42 Å². The summed E-state index contributed by atoms with van der Waals surface area (Å²) >= 11 is 6.57. The van der Waals surface area contributed by atoms with Crippen LogP contribution in [0.25, 0.3) is 16.7 Å². The summed E-state index contributed by atoms with van der Waals surface area (Å²) in [5.41, 5.74) is 11.8. The summed E-state index contributed by atoms with van der Waals surface area (Å²) in [6.07, 6.45) is 7.34. The van der Waals surface area contributed by atoms with Crippen LogP contribution in [0.4, 0.5) is 16.0 Å². The van der Waals surface area contributed by atoms with Crippen LogP contribution in [0.3, 0.4) is 0 Å². The molecule has 5 rings (SSSR count). The molecule has 7 heteroatoms. The van der Waals surface area contributed by atoms with Crippen LogP contribution < -0.4 is 10.6 Å². The molecule has 0 unspecified atom stereocenters. The van der Waals surface area contributed by atoms with Gasteiger partial charge in [0.2, 0.25) is 5.95 Å². The molecule has 2 N–H and O–H groups in total. The van der Waals surface area contributed by atoms with Gasteiger partial charge in [-0.2, -0.15) is 0 Å². The van der Waals surface area contributed by atoms with Gasteiger partial charge in [-0.05, 0) is 68.0 Å². The highest BCUT2D eigenvalue weighted by molar-refractivity contribution is 6.31. The predicted octanol–water partition coefficient (Wildman–Crippen LogP) is 5.86. The molecule has 0 radical (unpaired) electrons. The third-order valence-electron chi connectivity index (χ3n) is 6.25. The fourth-order valence-corrected chi connectivity index (χ4v) is 4.93. The van der Waals surface area contributed by atoms with Gasteiger partial charge in [0, 0.05) is 36.2 Å². The number of aromatic nitrogens is 3. The van der Waals surface area contributed by atoms with E-state index in [4.69, 9.17) is 22.3 Å². The van der Waals surface area contributed by atoms with Crippen molar-refractivity contribution in [2.24, 2.45) is 0 Å². The Hall–Kier alpha value is -2.99. The van der Waals surface area contributed by atoms with Crippen LogP contribution in [-0.2, 0) is 6.54 Å². The molecule has 1 aliphatic heterocycles. The Morgan fingerprint density at radius 1 is 1.06 bits per heavy atom. The zero-order valence-electron chi connectivity index (χ0n) is 18.4. The largest absolute Gasteiger partial charge is 0.397 e. The Morgan fingerprint density at radius 3 is 2.44 bits per heavy atom. The molecule has 0 amide bonds. The van der Waals surface area contributed by atoms with Crippen LogP contribution in [0, 0.1) is 19.7 Å². The number of anilines is 2. The molecule has 0 bridgehead atoms. The van der Waals surface area contributed by atoms with E-state index in [2.05, 4.69) is 9.47 Å². The Balaban J connectivity index is 1.71. The van der Waals surface area contributed by atoms with Crippen molar-refractivity contribution in [3.05, 3.63) is 70.3 Å². The summed E-state index contributed by atoms with van der Waals surface area (Å²) < 4.78 is 18.4. The quantitative estimate of drug-likeness (QED) is 0.423. The lowest BCUT2D eigenvalue weighted by atomic mass is 10.1. The number of nitrogens with two attached hydrogens (primary N) is 1. The number of piperidine rings is 1. The van der Waals surface area contributed by atoms with Crippen molar-refractivity contribution in [2.45, 2.75) is 39.7 Å². The average Bonchev–Trinajstić information content (AvgIpc) is 3.36. The minimum Gasteiger partial charge on any atom is -0.397 e. The second-order valence-electron chi connectivity index (χ2n) is 8.73. The van der Waals surface area contributed by atoms with E-state index in [0.29, 0.717) is 28.4 Å². The highest BCUT2D eigenvalue weighted by Crippen LogP contribution is 2.33. The van der Waals surface area contributed by atoms with Gasteiger partial charge in [-0.1, -0.05) is 23.7 Å². The Kier molecular flexibility index (Phi) is 5.33. The van der Waals surface area contributed by atoms with Gasteiger partial charge in [-0.15, -0.1) is 0 Å². The van der Waals surface area contributed by atoms with Crippen molar-refractivity contribution in [1.29, 1.82) is 0 Å². The van der Waals surface area contributed by atoms with Crippen LogP contribution in [-0.4, -0.2) is 27.2 Å². The first-order valence-corrected chi connectivity index (χ1v) is 11.4. The van der Waals surface area contributed by atoms with E-state index in [9.17, 15) is 4.39 Å². The number of benzene rings is 2. The molecule has 3 heterocycles. The van der Waals surface area contributed by atoms with Crippen molar-refractivity contribution >= 4 is 34.3 Å². The number of aryl methyl sites for hydroxylation is 2. The maximum Gasteiger partial charge on any atom is 0.206 e. The third kappa shape index (κ3) is 3.73. The molecule has 0 spiro atoms. The van der Waals surface area contributed by atoms with E-state index < -0.39 is 0 Å². The van der Waals surface area contributed by atoms with Crippen molar-refractivity contribution in [3.63, 3.8) is 0 Å². The molecule has 0 saturated carbocycles. The third-order valence-corrected chi connectivity index (χ3v) is 6.47. The maximum atomic E-state index is 14.3. The zero-order valence-corrected chi connectivity index (χ0v) is 19.2. The van der Waals surface area contributed by atoms with Crippen LogP contribution in [0.5, 0.6) is 0 Å². The van der Waals surface area contributed by atoms with E-state index >= 15 is 0 Å². The zero-order chi connectivity index (χ0) is 22.4. The van der Waals surface area contributed by atoms with Gasteiger partial charge in [0.25, 0.3) is 0 Å². The lowest BCUT2D eigenvalue weighted by Crippen LogP contribution is -2.32. The molecule has 1 fully saturated rings. The van der Waals surface area contributed by atoms with Crippen LogP contribution in [0.2, 0.25) is 5.02 Å². The molecule has 5 nitrogen and oxygen atoms in total. The first-order valence-electron chi connectivity index (χ1n) is 11.0. The second kappa shape index (κ2) is 8.17. The Bertz CT molecular complexity index is 1280. The molecule has 2 aromatic heterocycles. The van der Waals surface area contributed by atoms with Gasteiger partial charge in [-0.25, -0.2) is 9.37 Å². The van der Waals surface area contributed by atoms with E-state index in [1.807, 2.05) is 61.1 Å². The van der Waals surface area contributed by atoms with Gasteiger partial charge in [0.05, 0.1) is 17.7 Å². The molecule has 1 saturated heterocycles. The number of imidazole rings is 1. The topological polar surface area (TPSA) is 52.0 Å². The second-order valence-corrected chi connectivity index (χ2v) is 9.17. The summed E-state index contributed by atoms with van der Waals surface area (Å²) in [5.74, 6) is 0.791. The summed E-state index contributed by atoms with van der Waals surface area (Å²) in [7, 11) is 0. The number of nitrogen functional groups attached to an aromatic ring is 1. The number of fused-ring (bicyclic) bond motifs is 1. The van der Waals surface area contributed by atoms with Gasteiger partial charge in [0.1, 0.15) is 11.3 Å². The van der Waals surface area contributed by atoms with Crippen molar-refractivity contribution in [1.82, 2.24) is 14.1 Å². The molecule has 2 aromatic carbocycles. The van der Waals surface area contributed by atoms with Gasteiger partial charge >= 0.3 is 0 Å². The standard InChI is InChI=1S/C25H27ClFN5/c1-16-10-18(11-17(2)23(16)27)14-32-22-13-19(26)12-21(31-9-6-20(28)15-31)24(22)29-25(32)30-7-4-3-5-8-30/h6,9-13,15H,3-5,7-8,14,28H2,1-2H3. The van der Waals surface area contributed by atoms with Crippen molar-refractivity contribution in [3.8, 4) is 5.69 Å². The summed E-state index contributed by atoms with van der Waals surface area (Å²) in [5, 5.41) is 0.637. The fraction of sp³-hybridized carbons (Fsp3) is 0.320. The number of nitrogens with zero attached hydrogens (tertiary/aromatic N) is 4. The molecular formula is C25H27ClFN5. The molecule has 0 atom stereocenters. The average molecular weight is 452 g/mol. The van der Waals surface area contributed by atoms with Crippen LogP contribution >= 0.6 is 11.6 Å². The first kappa shape index (κ1) is 20.9. The Labute approximate surface area is 192 Å². The van der Waals surface area contributed by atoms with E-state index in [0.717, 1.165) is 54.2 Å². The summed E-state index contributed by atoms with van der Waals surface area (Å²) in [4.78, 5) is 7.47. The van der Waals surface area contributed by atoms with Gasteiger partial charge < -0.3 is 19.8 Å². The van der Waals surface area contributed by atoms with E-state index in [-0.39, 0.29) is 5.82 Å². The summed E-state index contributed by atoms with van der Waals surface area (Å²) in [6, 6.07) is 9.60. The monoisotopic (exact) mass is 451 g/mol. The lowest BCUT2D eigenvalue weighted by Gasteiger charge is -2.28.